The van der Waals surface area contributed by atoms with Gasteiger partial charge < -0.3 is 0 Å². The Morgan fingerprint density at radius 1 is 0.963 bits per heavy atom. The van der Waals surface area contributed by atoms with Gasteiger partial charge in [0.1, 0.15) is 5.54 Å². The third-order valence-corrected chi connectivity index (χ3v) is 6.40. The maximum Gasteiger partial charge on any atom is 0.256 e. The van der Waals surface area contributed by atoms with Crippen molar-refractivity contribution < 1.29 is 9.59 Å². The third-order valence-electron chi connectivity index (χ3n) is 6.40. The van der Waals surface area contributed by atoms with Crippen molar-refractivity contribution in [3.8, 4) is 0 Å². The molecule has 0 bridgehead atoms. The Morgan fingerprint density at radius 3 is 2.37 bits per heavy atom. The molecule has 2 aromatic rings. The predicted octanol–water partition coefficient (Wildman–Crippen LogP) is 2.92. The monoisotopic (exact) mass is 361 g/mol. The Labute approximate surface area is 159 Å². The second-order valence-electron chi connectivity index (χ2n) is 7.93. The first-order valence-corrected chi connectivity index (χ1v) is 9.57. The summed E-state index contributed by atoms with van der Waals surface area (Å²) in [5, 5.41) is 4.41. The number of aryl methyl sites for hydroxylation is 1. The SMILES string of the molecule is Cc1ccc(N2C(=O)[C@H]3[C@H](c4ccccc4)N4CCCN4[C@]3(C)C2=O)cc1. The molecule has 5 nitrogen and oxygen atoms in total. The quantitative estimate of drug-likeness (QED) is 0.772. The van der Waals surface area contributed by atoms with Crippen LogP contribution in [-0.4, -0.2) is 40.5 Å². The number of hydrazine groups is 1. The summed E-state index contributed by atoms with van der Waals surface area (Å²) in [6, 6.07) is 17.7. The first-order valence-electron chi connectivity index (χ1n) is 9.57. The van der Waals surface area contributed by atoms with Crippen molar-refractivity contribution in [2.24, 2.45) is 5.92 Å². The van der Waals surface area contributed by atoms with Crippen LogP contribution >= 0.6 is 0 Å². The van der Waals surface area contributed by atoms with E-state index < -0.39 is 11.5 Å². The van der Waals surface area contributed by atoms with Gasteiger partial charge in [-0.3, -0.25) is 9.59 Å². The van der Waals surface area contributed by atoms with Gasteiger partial charge in [-0.1, -0.05) is 48.0 Å². The maximum atomic E-state index is 13.6. The molecule has 2 aromatic carbocycles. The van der Waals surface area contributed by atoms with Crippen LogP contribution in [0.1, 0.15) is 30.5 Å². The lowest BCUT2D eigenvalue weighted by Crippen LogP contribution is -2.52. The van der Waals surface area contributed by atoms with E-state index in [0.717, 1.165) is 30.6 Å². The van der Waals surface area contributed by atoms with Crippen LogP contribution in [0.15, 0.2) is 54.6 Å². The molecule has 3 saturated heterocycles. The molecule has 3 heterocycles. The molecule has 5 heteroatoms. The van der Waals surface area contributed by atoms with E-state index in [1.807, 2.05) is 56.3 Å². The van der Waals surface area contributed by atoms with E-state index in [1.54, 1.807) is 0 Å². The van der Waals surface area contributed by atoms with Crippen molar-refractivity contribution in [2.75, 3.05) is 18.0 Å². The Balaban J connectivity index is 1.63. The number of amides is 2. The van der Waals surface area contributed by atoms with Gasteiger partial charge in [0.25, 0.3) is 5.91 Å². The molecule has 0 unspecified atom stereocenters. The van der Waals surface area contributed by atoms with E-state index in [9.17, 15) is 9.59 Å². The highest BCUT2D eigenvalue weighted by molar-refractivity contribution is 6.25. The summed E-state index contributed by atoms with van der Waals surface area (Å²) in [5.41, 5.74) is 2.06. The average Bonchev–Trinajstić information content (AvgIpc) is 3.30. The molecule has 3 fully saturated rings. The minimum absolute atomic E-state index is 0.0883. The summed E-state index contributed by atoms with van der Waals surface area (Å²) in [4.78, 5) is 28.5. The number of carbonyl (C=O) groups is 2. The first-order chi connectivity index (χ1) is 13.0. The van der Waals surface area contributed by atoms with Gasteiger partial charge in [-0.2, -0.15) is 0 Å². The number of hydrogen-bond donors (Lipinski definition) is 0. The molecule has 0 spiro atoms. The number of carbonyl (C=O) groups excluding carboxylic acids is 2. The van der Waals surface area contributed by atoms with Crippen LogP contribution in [-0.2, 0) is 9.59 Å². The first kappa shape index (κ1) is 16.7. The summed E-state index contributed by atoms with van der Waals surface area (Å²) in [7, 11) is 0. The molecule has 2 amide bonds. The van der Waals surface area contributed by atoms with Crippen LogP contribution in [0.25, 0.3) is 0 Å². The summed E-state index contributed by atoms with van der Waals surface area (Å²) in [6.45, 7) is 5.65. The van der Waals surface area contributed by atoms with Crippen LogP contribution in [0.2, 0.25) is 0 Å². The lowest BCUT2D eigenvalue weighted by Gasteiger charge is -2.33. The van der Waals surface area contributed by atoms with E-state index >= 15 is 0 Å². The van der Waals surface area contributed by atoms with Crippen LogP contribution in [0, 0.1) is 12.8 Å². The summed E-state index contributed by atoms with van der Waals surface area (Å²) >= 11 is 0. The minimum Gasteiger partial charge on any atom is -0.274 e. The van der Waals surface area contributed by atoms with E-state index in [2.05, 4.69) is 22.2 Å². The van der Waals surface area contributed by atoms with E-state index in [-0.39, 0.29) is 17.9 Å². The van der Waals surface area contributed by atoms with Gasteiger partial charge in [0.2, 0.25) is 5.91 Å². The second kappa shape index (κ2) is 5.75. The fourth-order valence-corrected chi connectivity index (χ4v) is 5.10. The molecule has 3 aliphatic heterocycles. The molecule has 0 aromatic heterocycles. The van der Waals surface area contributed by atoms with Gasteiger partial charge in [-0.25, -0.2) is 14.9 Å². The second-order valence-corrected chi connectivity index (χ2v) is 7.93. The topological polar surface area (TPSA) is 43.9 Å². The van der Waals surface area contributed by atoms with Crippen LogP contribution in [0.3, 0.4) is 0 Å². The van der Waals surface area contributed by atoms with Crippen molar-refractivity contribution in [1.29, 1.82) is 0 Å². The molecule has 3 atom stereocenters. The van der Waals surface area contributed by atoms with Crippen molar-refractivity contribution in [3.05, 3.63) is 65.7 Å². The normalized spacial score (nSPS) is 30.8. The predicted molar refractivity (Wildman–Crippen MR) is 103 cm³/mol. The lowest BCUT2D eigenvalue weighted by molar-refractivity contribution is -0.131. The molecule has 5 rings (SSSR count). The number of hydrogen-bond acceptors (Lipinski definition) is 4. The molecule has 0 N–H and O–H groups in total. The zero-order chi connectivity index (χ0) is 18.8. The average molecular weight is 361 g/mol. The van der Waals surface area contributed by atoms with Gasteiger partial charge in [0.15, 0.2) is 0 Å². The Morgan fingerprint density at radius 2 is 1.67 bits per heavy atom. The Bertz CT molecular complexity index is 911. The Hall–Kier alpha value is -2.50. The van der Waals surface area contributed by atoms with Crippen LogP contribution < -0.4 is 4.90 Å². The highest BCUT2D eigenvalue weighted by atomic mass is 16.2. The summed E-state index contributed by atoms with van der Waals surface area (Å²) in [5.74, 6) is -0.588. The molecule has 27 heavy (non-hydrogen) atoms. The number of nitrogens with zero attached hydrogens (tertiary/aromatic N) is 3. The number of benzene rings is 2. The van der Waals surface area contributed by atoms with E-state index in [0.29, 0.717) is 5.69 Å². The largest absolute Gasteiger partial charge is 0.274 e. The number of anilines is 1. The van der Waals surface area contributed by atoms with Crippen LogP contribution in [0.4, 0.5) is 5.69 Å². The molecule has 138 valence electrons. The van der Waals surface area contributed by atoms with Crippen molar-refractivity contribution in [2.45, 2.75) is 31.8 Å². The zero-order valence-electron chi connectivity index (χ0n) is 15.6. The highest BCUT2D eigenvalue weighted by Crippen LogP contribution is 2.54. The van der Waals surface area contributed by atoms with Gasteiger partial charge in [-0.15, -0.1) is 0 Å². The number of imide groups is 1. The zero-order valence-corrected chi connectivity index (χ0v) is 15.6. The third kappa shape index (κ3) is 2.12. The van der Waals surface area contributed by atoms with Crippen molar-refractivity contribution >= 4 is 17.5 Å². The number of fused-ring (bicyclic) bond motifs is 3. The molecule has 0 saturated carbocycles. The molecule has 0 radical (unpaired) electrons. The molecule has 3 aliphatic rings. The molecular formula is C22H23N3O2. The Kier molecular flexibility index (Phi) is 3.55. The standard InChI is InChI=1S/C22H23N3O2/c1-15-9-11-17(12-10-15)25-20(26)18-19(16-7-4-3-5-8-16)23-13-6-14-24(23)22(18,2)21(25)27/h3-5,7-12,18-19H,6,13-14H2,1-2H3/t18-,19+,22+/m1/s1. The van der Waals surface area contributed by atoms with Gasteiger partial charge in [0, 0.05) is 13.1 Å². The van der Waals surface area contributed by atoms with Crippen LogP contribution in [0.5, 0.6) is 0 Å². The van der Waals surface area contributed by atoms with E-state index in [1.165, 1.54) is 4.90 Å². The fraction of sp³-hybridized carbons (Fsp3) is 0.364. The molecule has 0 aliphatic carbocycles. The highest BCUT2D eigenvalue weighted by Gasteiger charge is 2.70. The van der Waals surface area contributed by atoms with Crippen molar-refractivity contribution in [3.63, 3.8) is 0 Å². The lowest BCUT2D eigenvalue weighted by atomic mass is 9.81. The van der Waals surface area contributed by atoms with E-state index in [4.69, 9.17) is 0 Å². The van der Waals surface area contributed by atoms with Gasteiger partial charge in [0.05, 0.1) is 17.6 Å². The van der Waals surface area contributed by atoms with Gasteiger partial charge >= 0.3 is 0 Å². The van der Waals surface area contributed by atoms with Gasteiger partial charge in [-0.05, 0) is 38.0 Å². The fourth-order valence-electron chi connectivity index (χ4n) is 5.10. The van der Waals surface area contributed by atoms with Crippen molar-refractivity contribution in [1.82, 2.24) is 10.0 Å². The smallest absolute Gasteiger partial charge is 0.256 e. The minimum atomic E-state index is -0.820. The number of rotatable bonds is 2. The summed E-state index contributed by atoms with van der Waals surface area (Å²) < 4.78 is 0. The maximum absolute atomic E-state index is 13.6. The summed E-state index contributed by atoms with van der Waals surface area (Å²) in [6.07, 6.45) is 1.01. The molecular weight excluding hydrogens is 338 g/mol.